The van der Waals surface area contributed by atoms with E-state index in [4.69, 9.17) is 4.74 Å². The van der Waals surface area contributed by atoms with Gasteiger partial charge in [-0.15, -0.1) is 0 Å². The number of carbonyl (C=O) groups is 1. The number of carbonyl (C=O) groups excluding carboxylic acids is 1. The highest BCUT2D eigenvalue weighted by atomic mass is 16.5. The molecule has 2 aromatic carbocycles. The van der Waals surface area contributed by atoms with Gasteiger partial charge in [0, 0.05) is 17.4 Å². The SMILES string of the molecule is CCC(C)Oc1cccc(NCC(=O)Nc2ccc(C)cc2)c1. The monoisotopic (exact) mass is 312 g/mol. The maximum atomic E-state index is 12.0. The van der Waals surface area contributed by atoms with Crippen LogP contribution in [0.5, 0.6) is 5.75 Å². The van der Waals surface area contributed by atoms with E-state index in [2.05, 4.69) is 17.6 Å². The fourth-order valence-corrected chi connectivity index (χ4v) is 2.02. The van der Waals surface area contributed by atoms with Crippen LogP contribution in [0.25, 0.3) is 0 Å². The Labute approximate surface area is 137 Å². The molecule has 0 aliphatic heterocycles. The molecule has 2 aromatic rings. The van der Waals surface area contributed by atoms with E-state index in [9.17, 15) is 4.79 Å². The first-order valence-corrected chi connectivity index (χ1v) is 7.94. The van der Waals surface area contributed by atoms with Gasteiger partial charge >= 0.3 is 0 Å². The molecule has 1 unspecified atom stereocenters. The molecule has 2 rings (SSSR count). The van der Waals surface area contributed by atoms with Gasteiger partial charge in [-0.1, -0.05) is 30.7 Å². The van der Waals surface area contributed by atoms with Gasteiger partial charge in [0.05, 0.1) is 12.6 Å². The predicted molar refractivity (Wildman–Crippen MR) is 95.1 cm³/mol. The van der Waals surface area contributed by atoms with E-state index in [1.165, 1.54) is 5.56 Å². The molecular formula is C19H24N2O2. The molecule has 122 valence electrons. The number of anilines is 2. The second-order valence-corrected chi connectivity index (χ2v) is 5.63. The van der Waals surface area contributed by atoms with E-state index in [1.54, 1.807) is 0 Å². The number of rotatable bonds is 7. The zero-order valence-corrected chi connectivity index (χ0v) is 13.9. The van der Waals surface area contributed by atoms with E-state index in [0.29, 0.717) is 0 Å². The van der Waals surface area contributed by atoms with Crippen LogP contribution >= 0.6 is 0 Å². The van der Waals surface area contributed by atoms with E-state index in [-0.39, 0.29) is 18.6 Å². The van der Waals surface area contributed by atoms with Gasteiger partial charge in [-0.05, 0) is 44.5 Å². The smallest absolute Gasteiger partial charge is 0.243 e. The Balaban J connectivity index is 1.86. The summed E-state index contributed by atoms with van der Waals surface area (Å²) in [6.45, 7) is 6.35. The molecule has 0 aliphatic carbocycles. The normalized spacial score (nSPS) is 11.6. The Morgan fingerprint density at radius 3 is 2.57 bits per heavy atom. The summed E-state index contributed by atoms with van der Waals surface area (Å²) in [6, 6.07) is 15.4. The van der Waals surface area contributed by atoms with E-state index in [0.717, 1.165) is 23.5 Å². The summed E-state index contributed by atoms with van der Waals surface area (Å²) in [7, 11) is 0. The summed E-state index contributed by atoms with van der Waals surface area (Å²) >= 11 is 0. The van der Waals surface area contributed by atoms with Crippen molar-refractivity contribution >= 4 is 17.3 Å². The third-order valence-electron chi connectivity index (χ3n) is 3.53. The van der Waals surface area contributed by atoms with Crippen LogP contribution in [0.4, 0.5) is 11.4 Å². The Hall–Kier alpha value is -2.49. The van der Waals surface area contributed by atoms with Gasteiger partial charge < -0.3 is 15.4 Å². The van der Waals surface area contributed by atoms with E-state index >= 15 is 0 Å². The van der Waals surface area contributed by atoms with E-state index in [1.807, 2.05) is 62.4 Å². The van der Waals surface area contributed by atoms with Gasteiger partial charge in [0.25, 0.3) is 0 Å². The molecule has 0 radical (unpaired) electrons. The predicted octanol–water partition coefficient (Wildman–Crippen LogP) is 4.22. The topological polar surface area (TPSA) is 50.4 Å². The van der Waals surface area contributed by atoms with Crippen LogP contribution in [0.1, 0.15) is 25.8 Å². The molecule has 0 aliphatic rings. The molecule has 2 N–H and O–H groups in total. The van der Waals surface area contributed by atoms with Crippen LogP contribution in [-0.2, 0) is 4.79 Å². The highest BCUT2D eigenvalue weighted by Gasteiger charge is 2.04. The summed E-state index contributed by atoms with van der Waals surface area (Å²) in [5.74, 6) is 0.727. The molecule has 23 heavy (non-hydrogen) atoms. The summed E-state index contributed by atoms with van der Waals surface area (Å²) < 4.78 is 5.78. The molecule has 1 atom stereocenters. The fraction of sp³-hybridized carbons (Fsp3) is 0.316. The van der Waals surface area contributed by atoms with Crippen molar-refractivity contribution in [2.75, 3.05) is 17.2 Å². The van der Waals surface area contributed by atoms with Gasteiger partial charge in [0.2, 0.25) is 5.91 Å². The molecule has 0 bridgehead atoms. The average Bonchev–Trinajstić information content (AvgIpc) is 2.55. The van der Waals surface area contributed by atoms with E-state index < -0.39 is 0 Å². The number of amides is 1. The summed E-state index contributed by atoms with van der Waals surface area (Å²) in [6.07, 6.45) is 1.13. The highest BCUT2D eigenvalue weighted by Crippen LogP contribution is 2.19. The Bertz CT molecular complexity index is 638. The molecule has 0 aromatic heterocycles. The second-order valence-electron chi connectivity index (χ2n) is 5.63. The molecule has 0 heterocycles. The molecule has 0 spiro atoms. The number of ether oxygens (including phenoxy) is 1. The van der Waals surface area contributed by atoms with Crippen molar-refractivity contribution in [1.29, 1.82) is 0 Å². The van der Waals surface area contributed by atoms with Crippen molar-refractivity contribution in [2.24, 2.45) is 0 Å². The van der Waals surface area contributed by atoms with Crippen LogP contribution in [-0.4, -0.2) is 18.6 Å². The zero-order valence-electron chi connectivity index (χ0n) is 13.9. The molecule has 1 amide bonds. The van der Waals surface area contributed by atoms with Crippen molar-refractivity contribution < 1.29 is 9.53 Å². The highest BCUT2D eigenvalue weighted by molar-refractivity contribution is 5.93. The second kappa shape index (κ2) is 8.22. The van der Waals surface area contributed by atoms with Crippen molar-refractivity contribution in [3.8, 4) is 5.75 Å². The maximum Gasteiger partial charge on any atom is 0.243 e. The van der Waals surface area contributed by atoms with Crippen LogP contribution < -0.4 is 15.4 Å². The Morgan fingerprint density at radius 2 is 1.87 bits per heavy atom. The van der Waals surface area contributed by atoms with Crippen molar-refractivity contribution in [3.05, 3.63) is 54.1 Å². The maximum absolute atomic E-state index is 12.0. The van der Waals surface area contributed by atoms with Crippen molar-refractivity contribution in [1.82, 2.24) is 0 Å². The van der Waals surface area contributed by atoms with Gasteiger partial charge in [-0.25, -0.2) is 0 Å². The first kappa shape index (κ1) is 16.9. The molecule has 0 fully saturated rings. The largest absolute Gasteiger partial charge is 0.491 e. The number of benzene rings is 2. The summed E-state index contributed by atoms with van der Waals surface area (Å²) in [4.78, 5) is 12.0. The van der Waals surface area contributed by atoms with Gasteiger partial charge in [-0.3, -0.25) is 4.79 Å². The minimum absolute atomic E-state index is 0.0814. The van der Waals surface area contributed by atoms with Crippen LogP contribution in [0.2, 0.25) is 0 Å². The quantitative estimate of drug-likeness (QED) is 0.804. The molecule has 0 saturated heterocycles. The Morgan fingerprint density at radius 1 is 1.13 bits per heavy atom. The molecule has 0 saturated carbocycles. The molecule has 4 nitrogen and oxygen atoms in total. The van der Waals surface area contributed by atoms with Crippen LogP contribution in [0.15, 0.2) is 48.5 Å². The minimum Gasteiger partial charge on any atom is -0.491 e. The summed E-state index contributed by atoms with van der Waals surface area (Å²) in [5, 5.41) is 5.98. The fourth-order valence-electron chi connectivity index (χ4n) is 2.02. The third kappa shape index (κ3) is 5.66. The lowest BCUT2D eigenvalue weighted by Crippen LogP contribution is -2.21. The van der Waals surface area contributed by atoms with Gasteiger partial charge in [0.1, 0.15) is 5.75 Å². The first-order chi connectivity index (χ1) is 11.1. The van der Waals surface area contributed by atoms with Crippen LogP contribution in [0.3, 0.4) is 0 Å². The van der Waals surface area contributed by atoms with Gasteiger partial charge in [-0.2, -0.15) is 0 Å². The zero-order chi connectivity index (χ0) is 16.7. The van der Waals surface area contributed by atoms with Crippen molar-refractivity contribution in [3.63, 3.8) is 0 Å². The van der Waals surface area contributed by atoms with Crippen LogP contribution in [0, 0.1) is 6.92 Å². The number of aryl methyl sites for hydroxylation is 1. The van der Waals surface area contributed by atoms with Gasteiger partial charge in [0.15, 0.2) is 0 Å². The first-order valence-electron chi connectivity index (χ1n) is 7.94. The lowest BCUT2D eigenvalue weighted by atomic mass is 10.2. The lowest BCUT2D eigenvalue weighted by Gasteiger charge is -2.14. The van der Waals surface area contributed by atoms with Crippen molar-refractivity contribution in [2.45, 2.75) is 33.3 Å². The third-order valence-corrected chi connectivity index (χ3v) is 3.53. The molecular weight excluding hydrogens is 288 g/mol. The minimum atomic E-state index is -0.0814. The number of nitrogens with one attached hydrogen (secondary N) is 2. The molecule has 4 heteroatoms. The number of hydrogen-bond donors (Lipinski definition) is 2. The summed E-state index contributed by atoms with van der Waals surface area (Å²) in [5.41, 5.74) is 2.83. The standard InChI is InChI=1S/C19H24N2O2/c1-4-15(3)23-18-7-5-6-17(12-18)20-13-19(22)21-16-10-8-14(2)9-11-16/h5-12,15,20H,4,13H2,1-3H3,(H,21,22). The lowest BCUT2D eigenvalue weighted by molar-refractivity contribution is -0.114. The Kier molecular flexibility index (Phi) is 6.03. The average molecular weight is 312 g/mol. The number of hydrogen-bond acceptors (Lipinski definition) is 3.